The first-order chi connectivity index (χ1) is 14.2. The van der Waals surface area contributed by atoms with Crippen LogP contribution in [0.1, 0.15) is 16.8 Å². The van der Waals surface area contributed by atoms with Crippen LogP contribution in [0.5, 0.6) is 5.75 Å². The molecule has 2 aromatic carbocycles. The Balaban J connectivity index is 2.06. The second kappa shape index (κ2) is 8.49. The zero-order chi connectivity index (χ0) is 22.0. The SMILES string of the molecule is COc1cc(C)c(Nc2nc(=O)c(CO)nn2Cc2cc(F)c(F)c(F)c2)cc1F. The van der Waals surface area contributed by atoms with Gasteiger partial charge in [0.1, 0.15) is 0 Å². The van der Waals surface area contributed by atoms with Crippen LogP contribution in [0.15, 0.2) is 29.1 Å². The van der Waals surface area contributed by atoms with Crippen molar-refractivity contribution in [1.29, 1.82) is 0 Å². The number of anilines is 2. The smallest absolute Gasteiger partial charge is 0.298 e. The molecule has 30 heavy (non-hydrogen) atoms. The molecule has 1 aromatic heterocycles. The molecule has 0 bridgehead atoms. The summed E-state index contributed by atoms with van der Waals surface area (Å²) in [5.41, 5.74) is -0.419. The van der Waals surface area contributed by atoms with Gasteiger partial charge in [-0.15, -0.1) is 0 Å². The van der Waals surface area contributed by atoms with E-state index >= 15 is 0 Å². The second-order valence-electron chi connectivity index (χ2n) is 6.30. The number of nitrogens with zero attached hydrogens (tertiary/aromatic N) is 3. The number of nitrogens with one attached hydrogen (secondary N) is 1. The zero-order valence-corrected chi connectivity index (χ0v) is 15.8. The highest BCUT2D eigenvalue weighted by atomic mass is 19.2. The Morgan fingerprint density at radius 1 is 1.10 bits per heavy atom. The van der Waals surface area contributed by atoms with E-state index in [1.807, 2.05) is 0 Å². The van der Waals surface area contributed by atoms with Crippen LogP contribution in [0.25, 0.3) is 0 Å². The number of hydrogen-bond donors (Lipinski definition) is 2. The Bertz CT molecular complexity index is 1140. The molecular formula is C19H16F4N4O3. The van der Waals surface area contributed by atoms with Crippen molar-refractivity contribution in [3.8, 4) is 5.75 Å². The number of methoxy groups -OCH3 is 1. The maximum Gasteiger partial charge on any atom is 0.298 e. The van der Waals surface area contributed by atoms with E-state index in [-0.39, 0.29) is 35.2 Å². The predicted octanol–water partition coefficient (Wildman–Crippen LogP) is 2.80. The van der Waals surface area contributed by atoms with Gasteiger partial charge in [0.25, 0.3) is 5.56 Å². The number of benzene rings is 2. The van der Waals surface area contributed by atoms with E-state index in [2.05, 4.69) is 15.4 Å². The number of aliphatic hydroxyl groups is 1. The highest BCUT2D eigenvalue weighted by Crippen LogP contribution is 2.27. The average Bonchev–Trinajstić information content (AvgIpc) is 2.70. The number of hydrogen-bond acceptors (Lipinski definition) is 6. The van der Waals surface area contributed by atoms with Crippen LogP contribution in [-0.4, -0.2) is 27.0 Å². The molecule has 0 unspecified atom stereocenters. The van der Waals surface area contributed by atoms with E-state index in [0.717, 1.165) is 22.9 Å². The van der Waals surface area contributed by atoms with Crippen molar-refractivity contribution in [3.63, 3.8) is 0 Å². The van der Waals surface area contributed by atoms with E-state index in [0.29, 0.717) is 5.56 Å². The van der Waals surface area contributed by atoms with Crippen LogP contribution in [0, 0.1) is 30.2 Å². The average molecular weight is 424 g/mol. The molecule has 0 aliphatic carbocycles. The number of aliphatic hydroxyl groups excluding tert-OH is 1. The van der Waals surface area contributed by atoms with Gasteiger partial charge in [-0.2, -0.15) is 10.1 Å². The number of aryl methyl sites for hydroxylation is 1. The van der Waals surface area contributed by atoms with Gasteiger partial charge < -0.3 is 15.2 Å². The minimum Gasteiger partial charge on any atom is -0.494 e. The summed E-state index contributed by atoms with van der Waals surface area (Å²) in [6.07, 6.45) is 0. The Kier molecular flexibility index (Phi) is 6.01. The highest BCUT2D eigenvalue weighted by Gasteiger charge is 2.16. The molecule has 0 spiro atoms. The number of aromatic nitrogens is 3. The lowest BCUT2D eigenvalue weighted by atomic mass is 10.2. The van der Waals surface area contributed by atoms with Gasteiger partial charge in [-0.1, -0.05) is 0 Å². The molecule has 0 aliphatic heterocycles. The zero-order valence-electron chi connectivity index (χ0n) is 15.8. The van der Waals surface area contributed by atoms with Crippen molar-refractivity contribution in [3.05, 3.63) is 74.7 Å². The number of halogens is 4. The largest absolute Gasteiger partial charge is 0.494 e. The van der Waals surface area contributed by atoms with Gasteiger partial charge in [-0.25, -0.2) is 22.2 Å². The fourth-order valence-corrected chi connectivity index (χ4v) is 2.70. The van der Waals surface area contributed by atoms with Crippen LogP contribution in [0.3, 0.4) is 0 Å². The number of rotatable bonds is 6. The quantitative estimate of drug-likeness (QED) is 0.467. The Morgan fingerprint density at radius 2 is 1.77 bits per heavy atom. The van der Waals surface area contributed by atoms with Gasteiger partial charge in [-0.05, 0) is 36.2 Å². The molecule has 0 atom stereocenters. The summed E-state index contributed by atoms with van der Waals surface area (Å²) >= 11 is 0. The van der Waals surface area contributed by atoms with Gasteiger partial charge in [0.15, 0.2) is 34.7 Å². The minimum atomic E-state index is -1.62. The Labute approximate surface area is 167 Å². The maximum atomic E-state index is 14.1. The number of ether oxygens (including phenoxy) is 1. The third-order valence-corrected chi connectivity index (χ3v) is 4.21. The van der Waals surface area contributed by atoms with E-state index in [1.54, 1.807) is 6.92 Å². The van der Waals surface area contributed by atoms with E-state index in [9.17, 15) is 27.5 Å². The summed E-state index contributed by atoms with van der Waals surface area (Å²) in [4.78, 5) is 15.8. The first-order valence-electron chi connectivity index (χ1n) is 8.57. The normalized spacial score (nSPS) is 10.9. The molecule has 11 heteroatoms. The lowest BCUT2D eigenvalue weighted by molar-refractivity contribution is 0.271. The summed E-state index contributed by atoms with van der Waals surface area (Å²) in [5.74, 6) is -5.28. The topological polar surface area (TPSA) is 89.3 Å². The second-order valence-corrected chi connectivity index (χ2v) is 6.30. The van der Waals surface area contributed by atoms with Crippen molar-refractivity contribution in [2.24, 2.45) is 0 Å². The summed E-state index contributed by atoms with van der Waals surface area (Å²) in [5, 5.41) is 15.9. The molecule has 158 valence electrons. The van der Waals surface area contributed by atoms with Crippen molar-refractivity contribution in [1.82, 2.24) is 14.8 Å². The minimum absolute atomic E-state index is 0.00872. The van der Waals surface area contributed by atoms with Gasteiger partial charge in [0.2, 0.25) is 5.95 Å². The van der Waals surface area contributed by atoms with Crippen LogP contribution in [0.4, 0.5) is 29.2 Å². The van der Waals surface area contributed by atoms with Crippen LogP contribution in [0.2, 0.25) is 0 Å². The van der Waals surface area contributed by atoms with Gasteiger partial charge in [0, 0.05) is 11.8 Å². The first kappa shape index (κ1) is 21.2. The maximum absolute atomic E-state index is 14.1. The molecular weight excluding hydrogens is 408 g/mol. The molecule has 0 radical (unpaired) electrons. The summed E-state index contributed by atoms with van der Waals surface area (Å²) in [6.45, 7) is 0.593. The molecule has 7 nitrogen and oxygen atoms in total. The van der Waals surface area contributed by atoms with E-state index in [1.165, 1.54) is 13.2 Å². The fourth-order valence-electron chi connectivity index (χ4n) is 2.70. The molecule has 0 amide bonds. The Hall–Kier alpha value is -3.47. The highest BCUT2D eigenvalue weighted by molar-refractivity contribution is 5.60. The lowest BCUT2D eigenvalue weighted by Crippen LogP contribution is -2.25. The standard InChI is InChI=1S/C19H16F4N4O3/c1-9-3-16(30-2)11(20)6-14(9)24-19-25-18(29)15(8-28)26-27(19)7-10-4-12(21)17(23)13(22)5-10/h3-6,28H,7-8H2,1-2H3,(H,24,25,29). The molecule has 3 aromatic rings. The summed E-state index contributed by atoms with van der Waals surface area (Å²) in [7, 11) is 1.31. The molecule has 0 aliphatic rings. The monoisotopic (exact) mass is 424 g/mol. The van der Waals surface area contributed by atoms with Crippen molar-refractivity contribution in [2.45, 2.75) is 20.1 Å². The van der Waals surface area contributed by atoms with Crippen LogP contribution in [-0.2, 0) is 13.2 Å². The van der Waals surface area contributed by atoms with Crippen molar-refractivity contribution in [2.75, 3.05) is 12.4 Å². The molecule has 0 fully saturated rings. The summed E-state index contributed by atoms with van der Waals surface area (Å²) < 4.78 is 60.3. The van der Waals surface area contributed by atoms with Gasteiger partial charge >= 0.3 is 0 Å². The fraction of sp³-hybridized carbons (Fsp3) is 0.211. The molecule has 1 heterocycles. The first-order valence-corrected chi connectivity index (χ1v) is 8.57. The van der Waals surface area contributed by atoms with E-state index in [4.69, 9.17) is 4.74 Å². The molecule has 2 N–H and O–H groups in total. The molecule has 3 rings (SSSR count). The Morgan fingerprint density at radius 3 is 2.37 bits per heavy atom. The molecule has 0 saturated heterocycles. The third-order valence-electron chi connectivity index (χ3n) is 4.21. The molecule has 0 saturated carbocycles. The predicted molar refractivity (Wildman–Crippen MR) is 98.6 cm³/mol. The third kappa shape index (κ3) is 4.25. The van der Waals surface area contributed by atoms with Crippen molar-refractivity contribution < 1.29 is 27.4 Å². The lowest BCUT2D eigenvalue weighted by Gasteiger charge is -2.16. The summed E-state index contributed by atoms with van der Waals surface area (Å²) in [6, 6.07) is 4.06. The van der Waals surface area contributed by atoms with Gasteiger partial charge in [-0.3, -0.25) is 4.79 Å². The van der Waals surface area contributed by atoms with Gasteiger partial charge in [0.05, 0.1) is 20.3 Å². The van der Waals surface area contributed by atoms with Crippen molar-refractivity contribution >= 4 is 11.6 Å². The van der Waals surface area contributed by atoms with Crippen LogP contribution < -0.4 is 15.6 Å². The van der Waals surface area contributed by atoms with E-state index < -0.39 is 35.4 Å². The van der Waals surface area contributed by atoms with Crippen LogP contribution >= 0.6 is 0 Å².